The van der Waals surface area contributed by atoms with Crippen molar-refractivity contribution in [3.05, 3.63) is 68.0 Å². The number of carbonyl (C=O) groups excluding carboxylic acids is 1. The maximum Gasteiger partial charge on any atom is 0.332 e. The van der Waals surface area contributed by atoms with Gasteiger partial charge in [0.15, 0.2) is 5.65 Å². The third-order valence-corrected chi connectivity index (χ3v) is 3.91. The van der Waals surface area contributed by atoms with Crippen LogP contribution < -0.4 is 16.6 Å². The van der Waals surface area contributed by atoms with Gasteiger partial charge in [-0.2, -0.15) is 0 Å². The van der Waals surface area contributed by atoms with Crippen LogP contribution in [0.1, 0.15) is 10.4 Å². The van der Waals surface area contributed by atoms with E-state index >= 15 is 0 Å². The highest BCUT2D eigenvalue weighted by Gasteiger charge is 2.15. The van der Waals surface area contributed by atoms with Gasteiger partial charge in [0, 0.05) is 30.9 Å². The Morgan fingerprint density at radius 3 is 2.62 bits per heavy atom. The maximum absolute atomic E-state index is 12.4. The number of anilines is 1. The Kier molecular flexibility index (Phi) is 3.94. The average molecular weight is 345 g/mol. The summed E-state index contributed by atoms with van der Waals surface area (Å²) >= 11 is 5.89. The SMILES string of the molecule is Cn1c(=O)c2c(NC(=O)c3cccc(Cl)c3)ccnc2n(C)c1=O. The fourth-order valence-electron chi connectivity index (χ4n) is 2.41. The molecule has 0 aliphatic carbocycles. The number of pyridine rings is 1. The van der Waals surface area contributed by atoms with E-state index in [0.29, 0.717) is 10.6 Å². The summed E-state index contributed by atoms with van der Waals surface area (Å²) in [5, 5.41) is 3.27. The van der Waals surface area contributed by atoms with Gasteiger partial charge in [0.2, 0.25) is 0 Å². The van der Waals surface area contributed by atoms with Gasteiger partial charge in [-0.1, -0.05) is 17.7 Å². The van der Waals surface area contributed by atoms with Crippen LogP contribution in [0.4, 0.5) is 5.69 Å². The first-order valence-corrected chi connectivity index (χ1v) is 7.39. The van der Waals surface area contributed by atoms with Crippen LogP contribution in [0.5, 0.6) is 0 Å². The number of fused-ring (bicyclic) bond motifs is 1. The predicted molar refractivity (Wildman–Crippen MR) is 91.6 cm³/mol. The van der Waals surface area contributed by atoms with Crippen molar-refractivity contribution < 1.29 is 4.79 Å². The standard InChI is InChI=1S/C16H13ClN4O3/c1-20-13-12(15(23)21(2)16(20)24)11(6-7-18-13)19-14(22)9-4-3-5-10(17)8-9/h3-8H,1-2H3,(H,18,19,22). The van der Waals surface area contributed by atoms with Gasteiger partial charge in [0.25, 0.3) is 11.5 Å². The summed E-state index contributed by atoms with van der Waals surface area (Å²) in [6, 6.07) is 7.96. The summed E-state index contributed by atoms with van der Waals surface area (Å²) in [7, 11) is 2.89. The lowest BCUT2D eigenvalue weighted by Crippen LogP contribution is -2.37. The first-order chi connectivity index (χ1) is 11.4. The summed E-state index contributed by atoms with van der Waals surface area (Å²) in [5.74, 6) is -0.416. The van der Waals surface area contributed by atoms with E-state index in [0.717, 1.165) is 4.57 Å². The van der Waals surface area contributed by atoms with Gasteiger partial charge >= 0.3 is 5.69 Å². The Balaban J connectivity index is 2.16. The van der Waals surface area contributed by atoms with Crippen molar-refractivity contribution in [2.24, 2.45) is 14.1 Å². The number of carbonyl (C=O) groups is 1. The molecule has 24 heavy (non-hydrogen) atoms. The molecule has 1 aromatic carbocycles. The number of hydrogen-bond acceptors (Lipinski definition) is 4. The van der Waals surface area contributed by atoms with Crippen LogP contribution in [0, 0.1) is 0 Å². The second-order valence-electron chi connectivity index (χ2n) is 5.23. The monoisotopic (exact) mass is 344 g/mol. The van der Waals surface area contributed by atoms with Gasteiger partial charge in [-0.3, -0.25) is 18.7 Å². The van der Waals surface area contributed by atoms with Gasteiger partial charge in [-0.05, 0) is 24.3 Å². The molecule has 0 unspecified atom stereocenters. The second kappa shape index (κ2) is 5.93. The van der Waals surface area contributed by atoms with E-state index in [4.69, 9.17) is 11.6 Å². The van der Waals surface area contributed by atoms with Gasteiger partial charge in [0.05, 0.1) is 5.69 Å². The van der Waals surface area contributed by atoms with Crippen molar-refractivity contribution >= 4 is 34.2 Å². The fraction of sp³-hybridized carbons (Fsp3) is 0.125. The number of nitrogens with zero attached hydrogens (tertiary/aromatic N) is 3. The summed E-state index contributed by atoms with van der Waals surface area (Å²) in [6.45, 7) is 0. The molecule has 1 amide bonds. The molecule has 0 fully saturated rings. The van der Waals surface area contributed by atoms with Crippen LogP contribution >= 0.6 is 11.6 Å². The minimum absolute atomic E-state index is 0.164. The molecular formula is C16H13ClN4O3. The third kappa shape index (κ3) is 2.59. The number of aryl methyl sites for hydroxylation is 1. The van der Waals surface area contributed by atoms with Gasteiger partial charge < -0.3 is 5.32 Å². The summed E-state index contributed by atoms with van der Waals surface area (Å²) in [6.07, 6.45) is 1.43. The highest BCUT2D eigenvalue weighted by molar-refractivity contribution is 6.31. The molecule has 0 bridgehead atoms. The maximum atomic E-state index is 12.4. The lowest BCUT2D eigenvalue weighted by Gasteiger charge is -2.11. The highest BCUT2D eigenvalue weighted by Crippen LogP contribution is 2.18. The number of hydrogen-bond donors (Lipinski definition) is 1. The smallest absolute Gasteiger partial charge is 0.321 e. The fourth-order valence-corrected chi connectivity index (χ4v) is 2.60. The first kappa shape index (κ1) is 15.9. The minimum Gasteiger partial charge on any atom is -0.321 e. The van der Waals surface area contributed by atoms with Crippen LogP contribution in [0.25, 0.3) is 11.0 Å². The van der Waals surface area contributed by atoms with Crippen molar-refractivity contribution in [3.63, 3.8) is 0 Å². The van der Waals surface area contributed by atoms with E-state index in [9.17, 15) is 14.4 Å². The minimum atomic E-state index is -0.525. The van der Waals surface area contributed by atoms with Crippen LogP contribution in [0.15, 0.2) is 46.1 Å². The Morgan fingerprint density at radius 1 is 1.17 bits per heavy atom. The molecule has 0 radical (unpaired) electrons. The lowest BCUT2D eigenvalue weighted by atomic mass is 10.2. The summed E-state index contributed by atoms with van der Waals surface area (Å²) < 4.78 is 2.23. The number of nitrogens with one attached hydrogen (secondary N) is 1. The van der Waals surface area contributed by atoms with Crippen LogP contribution in [0.2, 0.25) is 5.02 Å². The summed E-state index contributed by atoms with van der Waals surface area (Å²) in [4.78, 5) is 40.9. The predicted octanol–water partition coefficient (Wildman–Crippen LogP) is 1.54. The number of amides is 1. The van der Waals surface area contributed by atoms with Gasteiger partial charge in [0.1, 0.15) is 5.39 Å². The quantitative estimate of drug-likeness (QED) is 0.764. The lowest BCUT2D eigenvalue weighted by molar-refractivity contribution is 0.102. The molecule has 3 aromatic rings. The molecule has 122 valence electrons. The number of benzene rings is 1. The second-order valence-corrected chi connectivity index (χ2v) is 5.66. The van der Waals surface area contributed by atoms with Gasteiger partial charge in [-0.25, -0.2) is 9.78 Å². The zero-order chi connectivity index (χ0) is 17.4. The van der Waals surface area contributed by atoms with E-state index in [1.165, 1.54) is 37.0 Å². The number of aromatic nitrogens is 3. The van der Waals surface area contributed by atoms with Crippen molar-refractivity contribution in [2.45, 2.75) is 0 Å². The van der Waals surface area contributed by atoms with Crippen LogP contribution in [-0.2, 0) is 14.1 Å². The topological polar surface area (TPSA) is 86.0 Å². The highest BCUT2D eigenvalue weighted by atomic mass is 35.5. The Bertz CT molecular complexity index is 1080. The van der Waals surface area contributed by atoms with Crippen molar-refractivity contribution in [1.29, 1.82) is 0 Å². The molecule has 0 spiro atoms. The molecule has 0 aliphatic heterocycles. The Hall–Kier alpha value is -2.93. The first-order valence-electron chi connectivity index (χ1n) is 7.02. The zero-order valence-corrected chi connectivity index (χ0v) is 13.7. The normalized spacial score (nSPS) is 10.8. The molecule has 0 aliphatic rings. The van der Waals surface area contributed by atoms with E-state index in [1.54, 1.807) is 18.2 Å². The summed E-state index contributed by atoms with van der Waals surface area (Å²) in [5.41, 5.74) is -0.178. The van der Waals surface area contributed by atoms with E-state index in [2.05, 4.69) is 10.3 Å². The molecule has 2 aromatic heterocycles. The van der Waals surface area contributed by atoms with Crippen molar-refractivity contribution in [2.75, 3.05) is 5.32 Å². The Morgan fingerprint density at radius 2 is 1.92 bits per heavy atom. The molecule has 7 nitrogen and oxygen atoms in total. The van der Waals surface area contributed by atoms with Crippen molar-refractivity contribution in [3.8, 4) is 0 Å². The molecule has 0 saturated carbocycles. The molecule has 1 N–H and O–H groups in total. The molecular weight excluding hydrogens is 332 g/mol. The van der Waals surface area contributed by atoms with E-state index in [1.807, 2.05) is 0 Å². The molecule has 8 heteroatoms. The van der Waals surface area contributed by atoms with E-state index in [-0.39, 0.29) is 16.7 Å². The molecule has 3 rings (SSSR count). The molecule has 0 saturated heterocycles. The zero-order valence-electron chi connectivity index (χ0n) is 12.9. The van der Waals surface area contributed by atoms with Crippen LogP contribution in [-0.4, -0.2) is 20.0 Å². The van der Waals surface area contributed by atoms with Crippen molar-refractivity contribution in [1.82, 2.24) is 14.1 Å². The Labute approximate surface area is 141 Å². The largest absolute Gasteiger partial charge is 0.332 e. The van der Waals surface area contributed by atoms with Gasteiger partial charge in [-0.15, -0.1) is 0 Å². The van der Waals surface area contributed by atoms with E-state index < -0.39 is 17.2 Å². The van der Waals surface area contributed by atoms with Crippen LogP contribution in [0.3, 0.4) is 0 Å². The molecule has 2 heterocycles. The third-order valence-electron chi connectivity index (χ3n) is 3.68. The molecule has 0 atom stereocenters. The average Bonchev–Trinajstić information content (AvgIpc) is 2.58. The number of halogens is 1. The number of rotatable bonds is 2.